The molecule has 7 nitrogen and oxygen atoms in total. The maximum atomic E-state index is 12.5. The van der Waals surface area contributed by atoms with Crippen molar-refractivity contribution in [3.63, 3.8) is 0 Å². The number of hydrogen-bond acceptors (Lipinski definition) is 5. The minimum Gasteiger partial charge on any atom is -0.494 e. The van der Waals surface area contributed by atoms with Gasteiger partial charge < -0.3 is 15.0 Å². The fraction of sp³-hybridized carbons (Fsp3) is 0.471. The third-order valence-corrected chi connectivity index (χ3v) is 5.17. The molecule has 134 valence electrons. The van der Waals surface area contributed by atoms with Crippen LogP contribution in [0.3, 0.4) is 0 Å². The van der Waals surface area contributed by atoms with Crippen molar-refractivity contribution in [3.05, 3.63) is 24.3 Å². The highest BCUT2D eigenvalue weighted by Gasteiger charge is 2.32. The number of amides is 3. The molecule has 0 aliphatic carbocycles. The van der Waals surface area contributed by atoms with E-state index < -0.39 is 6.04 Å². The number of anilines is 1. The zero-order valence-corrected chi connectivity index (χ0v) is 14.9. The second-order valence-corrected chi connectivity index (χ2v) is 6.96. The fourth-order valence-corrected chi connectivity index (χ4v) is 3.83. The van der Waals surface area contributed by atoms with Crippen molar-refractivity contribution >= 4 is 34.5 Å². The second-order valence-electron chi connectivity index (χ2n) is 5.86. The van der Waals surface area contributed by atoms with E-state index in [0.29, 0.717) is 26.1 Å². The number of nitrogens with one attached hydrogen (secondary N) is 1. The number of rotatable bonds is 6. The molecular formula is C17H21N3O4S. The van der Waals surface area contributed by atoms with E-state index in [2.05, 4.69) is 5.32 Å². The molecule has 3 amide bonds. The maximum absolute atomic E-state index is 12.5. The monoisotopic (exact) mass is 363 g/mol. The van der Waals surface area contributed by atoms with Gasteiger partial charge >= 0.3 is 6.03 Å². The summed E-state index contributed by atoms with van der Waals surface area (Å²) in [6, 6.07) is 6.70. The summed E-state index contributed by atoms with van der Waals surface area (Å²) in [5.74, 6) is 1.20. The van der Waals surface area contributed by atoms with Crippen molar-refractivity contribution < 1.29 is 19.1 Å². The van der Waals surface area contributed by atoms with Crippen LogP contribution in [0, 0.1) is 0 Å². The summed E-state index contributed by atoms with van der Waals surface area (Å²) in [5, 5.41) is 2.71. The van der Waals surface area contributed by atoms with Crippen LogP contribution in [0.1, 0.15) is 13.3 Å². The van der Waals surface area contributed by atoms with E-state index in [0.717, 1.165) is 17.2 Å². The first kappa shape index (κ1) is 17.6. The highest BCUT2D eigenvalue weighted by Crippen LogP contribution is 2.23. The molecule has 2 heterocycles. The van der Waals surface area contributed by atoms with Gasteiger partial charge in [0.25, 0.3) is 0 Å². The van der Waals surface area contributed by atoms with Crippen LogP contribution in [-0.2, 0) is 9.59 Å². The highest BCUT2D eigenvalue weighted by atomic mass is 32.2. The lowest BCUT2D eigenvalue weighted by atomic mass is 10.2. The number of benzene rings is 1. The lowest BCUT2D eigenvalue weighted by molar-refractivity contribution is -0.124. The standard InChI is InChI=1S/C17H21N3O4S/c1-2-24-13-5-3-12(4-6-13)20-9-8-19(17(20)23)11-15(21)18-14-7-10-25-16(14)22/h3-6,14H,2,7-11H2,1H3,(H,18,21). The predicted octanol–water partition coefficient (Wildman–Crippen LogP) is 1.48. The summed E-state index contributed by atoms with van der Waals surface area (Å²) >= 11 is 1.24. The van der Waals surface area contributed by atoms with Crippen molar-refractivity contribution in [3.8, 4) is 5.75 Å². The molecule has 0 radical (unpaired) electrons. The highest BCUT2D eigenvalue weighted by molar-refractivity contribution is 8.14. The second kappa shape index (κ2) is 7.77. The van der Waals surface area contributed by atoms with Gasteiger partial charge in [-0.25, -0.2) is 4.79 Å². The van der Waals surface area contributed by atoms with Gasteiger partial charge in [-0.05, 0) is 37.6 Å². The number of hydrogen-bond donors (Lipinski definition) is 1. The Kier molecular flexibility index (Phi) is 5.47. The van der Waals surface area contributed by atoms with Gasteiger partial charge in [0, 0.05) is 24.5 Å². The molecule has 8 heteroatoms. The zero-order valence-electron chi connectivity index (χ0n) is 14.1. The number of thioether (sulfide) groups is 1. The first-order valence-electron chi connectivity index (χ1n) is 8.34. The number of nitrogens with zero attached hydrogens (tertiary/aromatic N) is 2. The van der Waals surface area contributed by atoms with E-state index in [-0.39, 0.29) is 23.6 Å². The molecule has 1 unspecified atom stereocenters. The molecule has 3 rings (SSSR count). The third kappa shape index (κ3) is 4.07. The summed E-state index contributed by atoms with van der Waals surface area (Å²) in [6.07, 6.45) is 0.654. The van der Waals surface area contributed by atoms with Crippen LogP contribution < -0.4 is 15.0 Å². The van der Waals surface area contributed by atoms with Crippen LogP contribution in [-0.4, -0.2) is 60.0 Å². The number of urea groups is 1. The topological polar surface area (TPSA) is 79.0 Å². The lowest BCUT2D eigenvalue weighted by Gasteiger charge is -2.19. The summed E-state index contributed by atoms with van der Waals surface area (Å²) in [7, 11) is 0. The molecule has 0 bridgehead atoms. The Bertz CT molecular complexity index is 664. The van der Waals surface area contributed by atoms with Crippen LogP contribution in [0.25, 0.3) is 0 Å². The van der Waals surface area contributed by atoms with Gasteiger partial charge in [0.2, 0.25) is 11.0 Å². The van der Waals surface area contributed by atoms with E-state index in [4.69, 9.17) is 4.74 Å². The van der Waals surface area contributed by atoms with Crippen molar-refractivity contribution in [2.45, 2.75) is 19.4 Å². The Hall–Kier alpha value is -2.22. The Morgan fingerprint density at radius 1 is 1.28 bits per heavy atom. The van der Waals surface area contributed by atoms with Gasteiger partial charge in [0.05, 0.1) is 12.6 Å². The van der Waals surface area contributed by atoms with Gasteiger partial charge in [-0.3, -0.25) is 14.5 Å². The molecule has 0 saturated carbocycles. The van der Waals surface area contributed by atoms with E-state index in [1.165, 1.54) is 16.7 Å². The van der Waals surface area contributed by atoms with E-state index in [1.807, 2.05) is 31.2 Å². The van der Waals surface area contributed by atoms with E-state index in [9.17, 15) is 14.4 Å². The molecule has 1 aromatic carbocycles. The molecule has 2 aliphatic heterocycles. The predicted molar refractivity (Wildman–Crippen MR) is 95.9 cm³/mol. The number of carbonyl (C=O) groups excluding carboxylic acids is 3. The summed E-state index contributed by atoms with van der Waals surface area (Å²) in [5.41, 5.74) is 0.777. The Morgan fingerprint density at radius 2 is 2.04 bits per heavy atom. The molecule has 0 aromatic heterocycles. The largest absolute Gasteiger partial charge is 0.494 e. The van der Waals surface area contributed by atoms with Crippen molar-refractivity contribution in [2.24, 2.45) is 0 Å². The summed E-state index contributed by atoms with van der Waals surface area (Å²) in [6.45, 7) is 3.48. The van der Waals surface area contributed by atoms with Crippen LogP contribution in [0.5, 0.6) is 5.75 Å². The van der Waals surface area contributed by atoms with Crippen LogP contribution in [0.15, 0.2) is 24.3 Å². The van der Waals surface area contributed by atoms with Gasteiger partial charge in [-0.15, -0.1) is 0 Å². The van der Waals surface area contributed by atoms with Gasteiger partial charge in [0.1, 0.15) is 12.3 Å². The summed E-state index contributed by atoms with van der Waals surface area (Å²) in [4.78, 5) is 39.3. The maximum Gasteiger partial charge on any atom is 0.325 e. The number of ether oxygens (including phenoxy) is 1. The summed E-state index contributed by atoms with van der Waals surface area (Å²) < 4.78 is 5.40. The van der Waals surface area contributed by atoms with Crippen LogP contribution >= 0.6 is 11.8 Å². The van der Waals surface area contributed by atoms with E-state index >= 15 is 0 Å². The Morgan fingerprint density at radius 3 is 2.68 bits per heavy atom. The lowest BCUT2D eigenvalue weighted by Crippen LogP contribution is -2.44. The van der Waals surface area contributed by atoms with Crippen molar-refractivity contribution in [1.29, 1.82) is 0 Å². The van der Waals surface area contributed by atoms with Gasteiger partial charge in [-0.2, -0.15) is 0 Å². The normalized spacial score (nSPS) is 20.3. The molecule has 1 atom stereocenters. The van der Waals surface area contributed by atoms with Crippen LogP contribution in [0.2, 0.25) is 0 Å². The molecule has 2 saturated heterocycles. The minimum atomic E-state index is -0.419. The quantitative estimate of drug-likeness (QED) is 0.828. The molecule has 25 heavy (non-hydrogen) atoms. The molecule has 2 aliphatic rings. The molecule has 2 fully saturated rings. The fourth-order valence-electron chi connectivity index (χ4n) is 2.90. The first-order chi connectivity index (χ1) is 12.1. The molecule has 0 spiro atoms. The third-order valence-electron chi connectivity index (χ3n) is 4.16. The molecular weight excluding hydrogens is 342 g/mol. The Labute approximate surface area is 150 Å². The molecule has 1 N–H and O–H groups in total. The van der Waals surface area contributed by atoms with Crippen LogP contribution in [0.4, 0.5) is 10.5 Å². The van der Waals surface area contributed by atoms with Crippen molar-refractivity contribution in [2.75, 3.05) is 36.9 Å². The van der Waals surface area contributed by atoms with E-state index in [1.54, 1.807) is 4.90 Å². The van der Waals surface area contributed by atoms with Gasteiger partial charge in [0.15, 0.2) is 0 Å². The SMILES string of the molecule is CCOc1ccc(N2CCN(CC(=O)NC3CCSC3=O)C2=O)cc1. The zero-order chi connectivity index (χ0) is 17.8. The molecule has 1 aromatic rings. The average Bonchev–Trinajstić information content (AvgIpc) is 3.15. The average molecular weight is 363 g/mol. The minimum absolute atomic E-state index is 0.00267. The first-order valence-corrected chi connectivity index (χ1v) is 9.32. The van der Waals surface area contributed by atoms with Crippen molar-refractivity contribution in [1.82, 2.24) is 10.2 Å². The van der Waals surface area contributed by atoms with Gasteiger partial charge in [-0.1, -0.05) is 11.8 Å². The number of carbonyl (C=O) groups is 3. The Balaban J connectivity index is 1.56. The smallest absolute Gasteiger partial charge is 0.325 e.